The highest BCUT2D eigenvalue weighted by Crippen LogP contribution is 2.50. The van der Waals surface area contributed by atoms with Crippen LogP contribution in [-0.4, -0.2) is 0 Å². The Hall–Kier alpha value is 0. The van der Waals surface area contributed by atoms with Crippen molar-refractivity contribution in [1.82, 2.24) is 0 Å². The zero-order valence-corrected chi connectivity index (χ0v) is 9.19. The maximum atomic E-state index is 2.48. The molecule has 0 bridgehead atoms. The summed E-state index contributed by atoms with van der Waals surface area (Å²) in [5, 5.41) is 0. The van der Waals surface area contributed by atoms with Crippen molar-refractivity contribution in [2.75, 3.05) is 0 Å². The number of rotatable bonds is 4. The van der Waals surface area contributed by atoms with Gasteiger partial charge >= 0.3 is 0 Å². The Morgan fingerprint density at radius 1 is 1.50 bits per heavy atom. The highest BCUT2D eigenvalue weighted by molar-refractivity contribution is 4.90. The monoisotopic (exact) mass is 168 g/mol. The van der Waals surface area contributed by atoms with E-state index in [2.05, 4.69) is 27.7 Å². The lowest BCUT2D eigenvalue weighted by atomic mass is 9.58. The molecule has 0 radical (unpaired) electrons. The Morgan fingerprint density at radius 2 is 2.17 bits per heavy atom. The van der Waals surface area contributed by atoms with Crippen LogP contribution in [0, 0.1) is 17.3 Å². The highest BCUT2D eigenvalue weighted by atomic mass is 14.4. The average Bonchev–Trinajstić information content (AvgIpc) is 2.02. The second-order valence-corrected chi connectivity index (χ2v) is 5.19. The Kier molecular flexibility index (Phi) is 3.20. The third-order valence-electron chi connectivity index (χ3n) is 3.93. The van der Waals surface area contributed by atoms with Crippen LogP contribution in [0.1, 0.15) is 59.8 Å². The summed E-state index contributed by atoms with van der Waals surface area (Å²) in [6, 6.07) is 0. The van der Waals surface area contributed by atoms with Gasteiger partial charge in [0.15, 0.2) is 0 Å². The molecule has 0 amide bonds. The molecule has 1 aliphatic rings. The third-order valence-corrected chi connectivity index (χ3v) is 3.93. The predicted molar refractivity (Wildman–Crippen MR) is 55.2 cm³/mol. The molecule has 3 atom stereocenters. The van der Waals surface area contributed by atoms with Gasteiger partial charge < -0.3 is 0 Å². The van der Waals surface area contributed by atoms with Gasteiger partial charge in [-0.05, 0) is 36.5 Å². The fraction of sp³-hybridized carbons (Fsp3) is 1.00. The summed E-state index contributed by atoms with van der Waals surface area (Å²) >= 11 is 0. The molecule has 0 saturated heterocycles. The van der Waals surface area contributed by atoms with Crippen LogP contribution in [0.25, 0.3) is 0 Å². The van der Waals surface area contributed by atoms with Crippen LogP contribution >= 0.6 is 0 Å². The first-order chi connectivity index (χ1) is 5.58. The van der Waals surface area contributed by atoms with E-state index in [-0.39, 0.29) is 0 Å². The molecule has 12 heavy (non-hydrogen) atoms. The molecular formula is C12H24. The van der Waals surface area contributed by atoms with Crippen molar-refractivity contribution >= 4 is 0 Å². The molecule has 1 rings (SSSR count). The van der Waals surface area contributed by atoms with Crippen LogP contribution in [0.2, 0.25) is 0 Å². The van der Waals surface area contributed by atoms with Crippen LogP contribution in [-0.2, 0) is 0 Å². The Morgan fingerprint density at radius 3 is 2.50 bits per heavy atom. The van der Waals surface area contributed by atoms with E-state index in [4.69, 9.17) is 0 Å². The van der Waals surface area contributed by atoms with E-state index in [1.165, 1.54) is 32.1 Å². The molecule has 0 heterocycles. The van der Waals surface area contributed by atoms with Gasteiger partial charge in [0.1, 0.15) is 0 Å². The molecule has 0 nitrogen and oxygen atoms in total. The summed E-state index contributed by atoms with van der Waals surface area (Å²) in [5.41, 5.74) is 0.703. The van der Waals surface area contributed by atoms with E-state index in [9.17, 15) is 0 Å². The third kappa shape index (κ3) is 2.02. The zero-order valence-electron chi connectivity index (χ0n) is 9.19. The quantitative estimate of drug-likeness (QED) is 0.588. The van der Waals surface area contributed by atoms with E-state index in [0.717, 1.165) is 11.8 Å². The molecule has 0 spiro atoms. The van der Waals surface area contributed by atoms with Gasteiger partial charge in [-0.2, -0.15) is 0 Å². The van der Waals surface area contributed by atoms with E-state index in [0.29, 0.717) is 5.41 Å². The molecule has 0 aromatic rings. The van der Waals surface area contributed by atoms with Gasteiger partial charge in [-0.15, -0.1) is 0 Å². The standard InChI is InChI=1S/C12H24/c1-5-6-10(2)9-12(4)8-7-11(12)3/h10-11H,5-9H2,1-4H3. The first-order valence-electron chi connectivity index (χ1n) is 5.58. The lowest BCUT2D eigenvalue weighted by Gasteiger charge is -2.47. The second kappa shape index (κ2) is 3.81. The second-order valence-electron chi connectivity index (χ2n) is 5.19. The van der Waals surface area contributed by atoms with Crippen molar-refractivity contribution in [1.29, 1.82) is 0 Å². The molecule has 0 aromatic heterocycles. The van der Waals surface area contributed by atoms with Crippen LogP contribution < -0.4 is 0 Å². The molecule has 0 aromatic carbocycles. The normalized spacial score (nSPS) is 37.5. The molecule has 1 fully saturated rings. The summed E-state index contributed by atoms with van der Waals surface area (Å²) in [5.74, 6) is 1.93. The van der Waals surface area contributed by atoms with Gasteiger partial charge in [0, 0.05) is 0 Å². The van der Waals surface area contributed by atoms with Crippen molar-refractivity contribution < 1.29 is 0 Å². The average molecular weight is 168 g/mol. The van der Waals surface area contributed by atoms with Crippen molar-refractivity contribution in [2.45, 2.75) is 59.8 Å². The first kappa shape index (κ1) is 10.1. The fourth-order valence-electron chi connectivity index (χ4n) is 2.62. The zero-order chi connectivity index (χ0) is 9.19. The van der Waals surface area contributed by atoms with E-state index in [1.807, 2.05) is 0 Å². The van der Waals surface area contributed by atoms with Crippen LogP contribution in [0.4, 0.5) is 0 Å². The van der Waals surface area contributed by atoms with Crippen molar-refractivity contribution in [3.05, 3.63) is 0 Å². The molecule has 72 valence electrons. The van der Waals surface area contributed by atoms with Crippen molar-refractivity contribution in [2.24, 2.45) is 17.3 Å². The van der Waals surface area contributed by atoms with Gasteiger partial charge in [0.25, 0.3) is 0 Å². The topological polar surface area (TPSA) is 0 Å². The minimum Gasteiger partial charge on any atom is -0.0654 e. The molecule has 1 saturated carbocycles. The van der Waals surface area contributed by atoms with Crippen molar-refractivity contribution in [3.8, 4) is 0 Å². The summed E-state index contributed by atoms with van der Waals surface area (Å²) in [6.45, 7) is 9.61. The smallest absolute Gasteiger partial charge is 0.0298 e. The predicted octanol–water partition coefficient (Wildman–Crippen LogP) is 4.25. The maximum Gasteiger partial charge on any atom is -0.0298 e. The molecule has 1 aliphatic carbocycles. The van der Waals surface area contributed by atoms with Gasteiger partial charge in [-0.1, -0.05) is 40.5 Å². The summed E-state index contributed by atoms with van der Waals surface area (Å²) in [4.78, 5) is 0. The lowest BCUT2D eigenvalue weighted by molar-refractivity contribution is 0.0371. The van der Waals surface area contributed by atoms with Gasteiger partial charge in [-0.3, -0.25) is 0 Å². The summed E-state index contributed by atoms with van der Waals surface area (Å²) in [6.07, 6.45) is 7.17. The van der Waals surface area contributed by atoms with Gasteiger partial charge in [0.05, 0.1) is 0 Å². The Balaban J connectivity index is 2.29. The molecule has 0 aliphatic heterocycles. The fourth-order valence-corrected chi connectivity index (χ4v) is 2.62. The van der Waals surface area contributed by atoms with Gasteiger partial charge in [-0.25, -0.2) is 0 Å². The lowest BCUT2D eigenvalue weighted by Crippen LogP contribution is -2.36. The van der Waals surface area contributed by atoms with Gasteiger partial charge in [0.2, 0.25) is 0 Å². The minimum atomic E-state index is 0.703. The van der Waals surface area contributed by atoms with E-state index < -0.39 is 0 Å². The number of hydrogen-bond acceptors (Lipinski definition) is 0. The molecule has 3 unspecified atom stereocenters. The highest BCUT2D eigenvalue weighted by Gasteiger charge is 2.39. The molecule has 0 N–H and O–H groups in total. The van der Waals surface area contributed by atoms with Crippen LogP contribution in [0.5, 0.6) is 0 Å². The van der Waals surface area contributed by atoms with E-state index in [1.54, 1.807) is 0 Å². The number of hydrogen-bond donors (Lipinski definition) is 0. The minimum absolute atomic E-state index is 0.703. The summed E-state index contributed by atoms with van der Waals surface area (Å²) < 4.78 is 0. The first-order valence-corrected chi connectivity index (χ1v) is 5.58. The van der Waals surface area contributed by atoms with E-state index >= 15 is 0 Å². The Bertz CT molecular complexity index is 139. The largest absolute Gasteiger partial charge is 0.0654 e. The van der Waals surface area contributed by atoms with Crippen LogP contribution in [0.15, 0.2) is 0 Å². The molecular weight excluding hydrogens is 144 g/mol. The van der Waals surface area contributed by atoms with Crippen molar-refractivity contribution in [3.63, 3.8) is 0 Å². The Labute approximate surface area is 77.7 Å². The summed E-state index contributed by atoms with van der Waals surface area (Å²) in [7, 11) is 0. The SMILES string of the molecule is CCCC(C)CC1(C)CCC1C. The maximum absolute atomic E-state index is 2.48. The van der Waals surface area contributed by atoms with Crippen LogP contribution in [0.3, 0.4) is 0 Å². The molecule has 0 heteroatoms.